The Bertz CT molecular complexity index is 161. The first kappa shape index (κ1) is 13.3. The molecule has 1 saturated heterocycles. The van der Waals surface area contributed by atoms with Crippen molar-refractivity contribution in [1.29, 1.82) is 0 Å². The van der Waals surface area contributed by atoms with E-state index < -0.39 is 0 Å². The molecule has 1 rings (SSSR count). The molecular formula is C12H25NOS. The SMILES string of the molecule is CC(C)(C)OCCNCC1CCCCS1. The molecule has 0 spiro atoms. The van der Waals surface area contributed by atoms with Crippen LogP contribution < -0.4 is 5.32 Å². The number of hydrogen-bond acceptors (Lipinski definition) is 3. The van der Waals surface area contributed by atoms with Gasteiger partial charge in [-0.05, 0) is 39.4 Å². The minimum Gasteiger partial charge on any atom is -0.375 e. The molecule has 1 aliphatic heterocycles. The number of hydrogen-bond donors (Lipinski definition) is 1. The third-order valence-corrected chi connectivity index (χ3v) is 3.86. The van der Waals surface area contributed by atoms with E-state index in [0.29, 0.717) is 0 Å². The maximum Gasteiger partial charge on any atom is 0.0599 e. The summed E-state index contributed by atoms with van der Waals surface area (Å²) in [5, 5.41) is 4.32. The summed E-state index contributed by atoms with van der Waals surface area (Å²) in [4.78, 5) is 0. The van der Waals surface area contributed by atoms with Crippen molar-refractivity contribution in [1.82, 2.24) is 5.32 Å². The van der Waals surface area contributed by atoms with Gasteiger partial charge in [-0.2, -0.15) is 11.8 Å². The van der Waals surface area contributed by atoms with E-state index in [0.717, 1.165) is 24.9 Å². The largest absolute Gasteiger partial charge is 0.375 e. The second kappa shape index (κ2) is 6.77. The lowest BCUT2D eigenvalue weighted by Crippen LogP contribution is -2.31. The van der Waals surface area contributed by atoms with E-state index in [9.17, 15) is 0 Å². The van der Waals surface area contributed by atoms with E-state index in [4.69, 9.17) is 4.74 Å². The van der Waals surface area contributed by atoms with Crippen molar-refractivity contribution in [3.8, 4) is 0 Å². The van der Waals surface area contributed by atoms with Crippen LogP contribution in [0.3, 0.4) is 0 Å². The van der Waals surface area contributed by atoms with Gasteiger partial charge in [-0.3, -0.25) is 0 Å². The smallest absolute Gasteiger partial charge is 0.0599 e. The molecule has 0 bridgehead atoms. The number of ether oxygens (including phenoxy) is 1. The molecule has 1 atom stereocenters. The fourth-order valence-corrected chi connectivity index (χ4v) is 2.93. The van der Waals surface area contributed by atoms with Gasteiger partial charge in [0, 0.05) is 18.3 Å². The van der Waals surface area contributed by atoms with E-state index in [2.05, 4.69) is 37.8 Å². The molecule has 1 heterocycles. The normalized spacial score (nSPS) is 23.0. The van der Waals surface area contributed by atoms with Gasteiger partial charge in [0.1, 0.15) is 0 Å². The lowest BCUT2D eigenvalue weighted by Gasteiger charge is -2.23. The summed E-state index contributed by atoms with van der Waals surface area (Å²) in [7, 11) is 0. The van der Waals surface area contributed by atoms with Gasteiger partial charge in [0.25, 0.3) is 0 Å². The van der Waals surface area contributed by atoms with Gasteiger partial charge in [-0.15, -0.1) is 0 Å². The molecule has 1 N–H and O–H groups in total. The Kier molecular flexibility index (Phi) is 6.02. The monoisotopic (exact) mass is 231 g/mol. The van der Waals surface area contributed by atoms with Crippen molar-refractivity contribution in [3.05, 3.63) is 0 Å². The Labute approximate surface area is 98.5 Å². The number of nitrogens with one attached hydrogen (secondary N) is 1. The molecule has 0 aromatic carbocycles. The van der Waals surface area contributed by atoms with Gasteiger partial charge in [-0.25, -0.2) is 0 Å². The molecule has 0 amide bonds. The van der Waals surface area contributed by atoms with Crippen LogP contribution in [0.2, 0.25) is 0 Å². The van der Waals surface area contributed by atoms with Gasteiger partial charge in [0.15, 0.2) is 0 Å². The van der Waals surface area contributed by atoms with Crippen molar-refractivity contribution in [2.24, 2.45) is 0 Å². The van der Waals surface area contributed by atoms with Crippen LogP contribution in [-0.4, -0.2) is 36.3 Å². The molecule has 2 nitrogen and oxygen atoms in total. The van der Waals surface area contributed by atoms with Crippen molar-refractivity contribution >= 4 is 11.8 Å². The predicted molar refractivity (Wildman–Crippen MR) is 68.7 cm³/mol. The third-order valence-electron chi connectivity index (χ3n) is 2.46. The van der Waals surface area contributed by atoms with Crippen LogP contribution in [0.1, 0.15) is 40.0 Å². The highest BCUT2D eigenvalue weighted by Crippen LogP contribution is 2.24. The van der Waals surface area contributed by atoms with E-state index in [1.165, 1.54) is 25.0 Å². The van der Waals surface area contributed by atoms with E-state index in [1.54, 1.807) is 0 Å². The molecule has 0 aromatic heterocycles. The Morgan fingerprint density at radius 2 is 2.13 bits per heavy atom. The van der Waals surface area contributed by atoms with Gasteiger partial charge in [0.05, 0.1) is 12.2 Å². The van der Waals surface area contributed by atoms with Crippen LogP contribution in [0.4, 0.5) is 0 Å². The van der Waals surface area contributed by atoms with E-state index >= 15 is 0 Å². The van der Waals surface area contributed by atoms with Gasteiger partial charge >= 0.3 is 0 Å². The van der Waals surface area contributed by atoms with E-state index in [-0.39, 0.29) is 5.60 Å². The van der Waals surface area contributed by atoms with Crippen LogP contribution in [0.5, 0.6) is 0 Å². The fraction of sp³-hybridized carbons (Fsp3) is 1.00. The Morgan fingerprint density at radius 3 is 2.73 bits per heavy atom. The second-order valence-corrected chi connectivity index (χ2v) is 6.56. The number of rotatable bonds is 5. The zero-order chi connectivity index (χ0) is 11.1. The summed E-state index contributed by atoms with van der Waals surface area (Å²) in [6.45, 7) is 9.26. The van der Waals surface area contributed by atoms with Crippen LogP contribution in [0.15, 0.2) is 0 Å². The topological polar surface area (TPSA) is 21.3 Å². The first-order chi connectivity index (χ1) is 7.08. The highest BCUT2D eigenvalue weighted by atomic mass is 32.2. The highest BCUT2D eigenvalue weighted by molar-refractivity contribution is 7.99. The Morgan fingerprint density at radius 1 is 1.33 bits per heavy atom. The van der Waals surface area contributed by atoms with Crippen LogP contribution in [-0.2, 0) is 4.74 Å². The van der Waals surface area contributed by atoms with Crippen molar-refractivity contribution < 1.29 is 4.74 Å². The average Bonchev–Trinajstić information content (AvgIpc) is 2.17. The molecule has 0 radical (unpaired) electrons. The van der Waals surface area contributed by atoms with Crippen molar-refractivity contribution in [2.75, 3.05) is 25.4 Å². The number of thioether (sulfide) groups is 1. The molecule has 90 valence electrons. The predicted octanol–water partition coefficient (Wildman–Crippen LogP) is 2.68. The summed E-state index contributed by atoms with van der Waals surface area (Å²) in [6, 6.07) is 0. The quantitative estimate of drug-likeness (QED) is 0.735. The minimum absolute atomic E-state index is 0.00126. The lowest BCUT2D eigenvalue weighted by molar-refractivity contribution is -0.000729. The van der Waals surface area contributed by atoms with E-state index in [1.807, 2.05) is 0 Å². The molecule has 0 saturated carbocycles. The summed E-state index contributed by atoms with van der Waals surface area (Å²) >= 11 is 2.12. The van der Waals surface area contributed by atoms with Gasteiger partial charge < -0.3 is 10.1 Å². The lowest BCUT2D eigenvalue weighted by atomic mass is 10.2. The molecular weight excluding hydrogens is 206 g/mol. The summed E-state index contributed by atoms with van der Waals surface area (Å²) in [5.41, 5.74) is 0.00126. The van der Waals surface area contributed by atoms with Crippen molar-refractivity contribution in [3.63, 3.8) is 0 Å². The minimum atomic E-state index is 0.00126. The standard InChI is InChI=1S/C12H25NOS/c1-12(2,3)14-8-7-13-10-11-6-4-5-9-15-11/h11,13H,4-10H2,1-3H3. The summed E-state index contributed by atoms with van der Waals surface area (Å²) in [6.07, 6.45) is 4.21. The second-order valence-electron chi connectivity index (χ2n) is 5.15. The molecule has 15 heavy (non-hydrogen) atoms. The molecule has 0 aliphatic carbocycles. The maximum absolute atomic E-state index is 5.65. The zero-order valence-corrected chi connectivity index (χ0v) is 11.2. The molecule has 1 fully saturated rings. The Balaban J connectivity index is 1.92. The molecule has 0 aromatic rings. The summed E-state index contributed by atoms with van der Waals surface area (Å²) in [5.74, 6) is 1.35. The van der Waals surface area contributed by atoms with Crippen LogP contribution >= 0.6 is 11.8 Å². The highest BCUT2D eigenvalue weighted by Gasteiger charge is 2.13. The first-order valence-electron chi connectivity index (χ1n) is 6.04. The fourth-order valence-electron chi connectivity index (χ4n) is 1.66. The van der Waals surface area contributed by atoms with Crippen LogP contribution in [0.25, 0.3) is 0 Å². The molecule has 1 aliphatic rings. The third kappa shape index (κ3) is 7.20. The first-order valence-corrected chi connectivity index (χ1v) is 7.09. The average molecular weight is 231 g/mol. The Hall–Kier alpha value is 0.270. The molecule has 3 heteroatoms. The van der Waals surface area contributed by atoms with Crippen LogP contribution in [0, 0.1) is 0 Å². The zero-order valence-electron chi connectivity index (χ0n) is 10.3. The molecule has 1 unspecified atom stereocenters. The maximum atomic E-state index is 5.65. The summed E-state index contributed by atoms with van der Waals surface area (Å²) < 4.78 is 5.65. The van der Waals surface area contributed by atoms with Gasteiger partial charge in [-0.1, -0.05) is 6.42 Å². The van der Waals surface area contributed by atoms with Gasteiger partial charge in [0.2, 0.25) is 0 Å². The van der Waals surface area contributed by atoms with Crippen molar-refractivity contribution in [2.45, 2.75) is 50.9 Å².